The fourth-order valence-corrected chi connectivity index (χ4v) is 3.44. The normalized spacial score (nSPS) is 16.3. The Hall–Kier alpha value is -2.64. The molecule has 0 saturated carbocycles. The molecule has 7 nitrogen and oxygen atoms in total. The Morgan fingerprint density at radius 1 is 1.15 bits per heavy atom. The summed E-state index contributed by atoms with van der Waals surface area (Å²) in [5.41, 5.74) is 2.57. The van der Waals surface area contributed by atoms with Gasteiger partial charge in [-0.1, -0.05) is 0 Å². The zero-order valence-corrected chi connectivity index (χ0v) is 14.9. The lowest BCUT2D eigenvalue weighted by molar-refractivity contribution is 0.0941. The second kappa shape index (κ2) is 6.93. The van der Waals surface area contributed by atoms with Gasteiger partial charge >= 0.3 is 0 Å². The van der Waals surface area contributed by atoms with E-state index in [1.807, 2.05) is 22.7 Å². The molecule has 3 heterocycles. The van der Waals surface area contributed by atoms with E-state index >= 15 is 0 Å². The first-order valence-electron chi connectivity index (χ1n) is 8.94. The number of H-pyrrole nitrogens is 1. The van der Waals surface area contributed by atoms with Crippen LogP contribution in [0.5, 0.6) is 0 Å². The Labute approximate surface area is 151 Å². The number of likely N-dealkylation sites (N-methyl/N-ethyl adjacent to an activating group) is 1. The largest absolute Gasteiger partial charge is 0.351 e. The zero-order chi connectivity index (χ0) is 18.1. The van der Waals surface area contributed by atoms with Gasteiger partial charge in [-0.15, -0.1) is 0 Å². The van der Waals surface area contributed by atoms with Crippen molar-refractivity contribution in [3.05, 3.63) is 52.4 Å². The molecular formula is C19H23N5O2. The Kier molecular flexibility index (Phi) is 4.48. The van der Waals surface area contributed by atoms with Gasteiger partial charge in [0.1, 0.15) is 5.52 Å². The van der Waals surface area contributed by atoms with Crippen molar-refractivity contribution in [2.75, 3.05) is 46.3 Å². The fraction of sp³-hybridized carbons (Fsp3) is 0.368. The molecule has 1 aliphatic rings. The summed E-state index contributed by atoms with van der Waals surface area (Å²) >= 11 is 0. The average Bonchev–Trinajstić information content (AvgIpc) is 3.14. The summed E-state index contributed by atoms with van der Waals surface area (Å²) in [4.78, 5) is 32.1. The van der Waals surface area contributed by atoms with Crippen LogP contribution in [-0.2, 0) is 0 Å². The van der Waals surface area contributed by atoms with E-state index in [-0.39, 0.29) is 11.5 Å². The highest BCUT2D eigenvalue weighted by molar-refractivity contribution is 5.97. The number of piperazine rings is 1. The molecule has 0 radical (unpaired) electrons. The van der Waals surface area contributed by atoms with Gasteiger partial charge in [0.2, 0.25) is 0 Å². The summed E-state index contributed by atoms with van der Waals surface area (Å²) in [6.07, 6.45) is 1.84. The Morgan fingerprint density at radius 2 is 1.96 bits per heavy atom. The third-order valence-corrected chi connectivity index (χ3v) is 5.06. The van der Waals surface area contributed by atoms with Crippen LogP contribution in [0.1, 0.15) is 10.4 Å². The average molecular weight is 353 g/mol. The molecule has 1 saturated heterocycles. The van der Waals surface area contributed by atoms with Crippen molar-refractivity contribution in [2.24, 2.45) is 0 Å². The van der Waals surface area contributed by atoms with E-state index in [1.165, 1.54) is 0 Å². The molecule has 0 spiro atoms. The van der Waals surface area contributed by atoms with Crippen LogP contribution in [0.4, 0.5) is 0 Å². The Balaban J connectivity index is 1.47. The number of benzene rings is 1. The lowest BCUT2D eigenvalue weighted by atomic mass is 10.1. The molecule has 26 heavy (non-hydrogen) atoms. The van der Waals surface area contributed by atoms with Gasteiger partial charge in [0.15, 0.2) is 0 Å². The summed E-state index contributed by atoms with van der Waals surface area (Å²) in [6, 6.07) is 8.95. The monoisotopic (exact) mass is 353 g/mol. The van der Waals surface area contributed by atoms with Gasteiger partial charge < -0.3 is 19.6 Å². The molecule has 0 atom stereocenters. The number of aromatic amines is 1. The number of carbonyl (C=O) groups excluding carboxylic acids is 1. The third-order valence-electron chi connectivity index (χ3n) is 5.06. The Bertz CT molecular complexity index is 998. The topological polar surface area (TPSA) is 72.8 Å². The van der Waals surface area contributed by atoms with Gasteiger partial charge in [-0.3, -0.25) is 14.5 Å². The number of hydrogen-bond donors (Lipinski definition) is 2. The lowest BCUT2D eigenvalue weighted by Gasteiger charge is -2.32. The highest BCUT2D eigenvalue weighted by Crippen LogP contribution is 2.15. The number of rotatable bonds is 4. The van der Waals surface area contributed by atoms with Crippen LogP contribution in [0.15, 0.2) is 41.3 Å². The van der Waals surface area contributed by atoms with Crippen LogP contribution < -0.4 is 10.9 Å². The molecule has 0 bridgehead atoms. The highest BCUT2D eigenvalue weighted by atomic mass is 16.1. The molecule has 2 N–H and O–H groups in total. The van der Waals surface area contributed by atoms with Crippen molar-refractivity contribution in [1.29, 1.82) is 0 Å². The predicted molar refractivity (Wildman–Crippen MR) is 102 cm³/mol. The van der Waals surface area contributed by atoms with E-state index in [9.17, 15) is 9.59 Å². The van der Waals surface area contributed by atoms with Crippen LogP contribution >= 0.6 is 0 Å². The maximum Gasteiger partial charge on any atom is 0.272 e. The molecule has 1 fully saturated rings. The molecule has 1 amide bonds. The van der Waals surface area contributed by atoms with Gasteiger partial charge in [-0.25, -0.2) is 0 Å². The first-order chi connectivity index (χ1) is 12.6. The van der Waals surface area contributed by atoms with Gasteiger partial charge in [0.05, 0.1) is 11.0 Å². The van der Waals surface area contributed by atoms with Gasteiger partial charge in [-0.05, 0) is 37.4 Å². The van der Waals surface area contributed by atoms with Crippen molar-refractivity contribution in [3.63, 3.8) is 0 Å². The fourth-order valence-electron chi connectivity index (χ4n) is 3.44. The van der Waals surface area contributed by atoms with E-state index in [2.05, 4.69) is 27.1 Å². The maximum absolute atomic E-state index is 12.5. The molecule has 0 aliphatic carbocycles. The van der Waals surface area contributed by atoms with E-state index in [0.29, 0.717) is 23.1 Å². The smallest absolute Gasteiger partial charge is 0.272 e. The second-order valence-corrected chi connectivity index (χ2v) is 6.85. The summed E-state index contributed by atoms with van der Waals surface area (Å²) in [5, 5.41) is 3.00. The second-order valence-electron chi connectivity index (χ2n) is 6.85. The SMILES string of the molecule is CN1CCN(CCNC(=O)c2ccc3[nH]c(=O)c4cccn4c3c2)CC1. The number of fused-ring (bicyclic) bond motifs is 3. The molecule has 4 rings (SSSR count). The molecule has 3 aromatic rings. The van der Waals surface area contributed by atoms with Gasteiger partial charge in [-0.2, -0.15) is 0 Å². The quantitative estimate of drug-likeness (QED) is 0.726. The number of hydrogen-bond acceptors (Lipinski definition) is 4. The molecular weight excluding hydrogens is 330 g/mol. The molecule has 2 aromatic heterocycles. The summed E-state index contributed by atoms with van der Waals surface area (Å²) in [7, 11) is 2.13. The molecule has 136 valence electrons. The summed E-state index contributed by atoms with van der Waals surface area (Å²) < 4.78 is 1.81. The highest BCUT2D eigenvalue weighted by Gasteiger charge is 2.14. The Morgan fingerprint density at radius 3 is 2.77 bits per heavy atom. The van der Waals surface area contributed by atoms with Crippen molar-refractivity contribution < 1.29 is 4.79 Å². The first kappa shape index (κ1) is 16.8. The van der Waals surface area contributed by atoms with Crippen LogP contribution in [-0.4, -0.2) is 71.4 Å². The van der Waals surface area contributed by atoms with Crippen molar-refractivity contribution in [3.8, 4) is 0 Å². The lowest BCUT2D eigenvalue weighted by Crippen LogP contribution is -2.46. The zero-order valence-electron chi connectivity index (χ0n) is 14.9. The van der Waals surface area contributed by atoms with E-state index in [1.54, 1.807) is 18.2 Å². The van der Waals surface area contributed by atoms with E-state index in [0.717, 1.165) is 38.2 Å². The number of aromatic nitrogens is 2. The van der Waals surface area contributed by atoms with Crippen LogP contribution in [0.2, 0.25) is 0 Å². The van der Waals surface area contributed by atoms with E-state index < -0.39 is 0 Å². The summed E-state index contributed by atoms with van der Waals surface area (Å²) in [5.74, 6) is -0.0902. The number of amides is 1. The van der Waals surface area contributed by atoms with Crippen molar-refractivity contribution >= 4 is 22.5 Å². The molecule has 0 unspecified atom stereocenters. The molecule has 7 heteroatoms. The van der Waals surface area contributed by atoms with Crippen molar-refractivity contribution in [1.82, 2.24) is 24.5 Å². The predicted octanol–water partition coefficient (Wildman–Crippen LogP) is 0.758. The third kappa shape index (κ3) is 3.23. The minimum atomic E-state index is -0.133. The first-order valence-corrected chi connectivity index (χ1v) is 8.94. The van der Waals surface area contributed by atoms with Gasteiger partial charge in [0, 0.05) is 51.0 Å². The summed E-state index contributed by atoms with van der Waals surface area (Å²) in [6.45, 7) is 5.73. The van der Waals surface area contributed by atoms with Crippen molar-refractivity contribution in [2.45, 2.75) is 0 Å². The minimum absolute atomic E-state index is 0.0902. The number of nitrogens with zero attached hydrogens (tertiary/aromatic N) is 3. The number of nitrogens with one attached hydrogen (secondary N) is 2. The minimum Gasteiger partial charge on any atom is -0.351 e. The molecule has 1 aliphatic heterocycles. The van der Waals surface area contributed by atoms with E-state index in [4.69, 9.17) is 0 Å². The van der Waals surface area contributed by atoms with Gasteiger partial charge in [0.25, 0.3) is 11.5 Å². The standard InChI is InChI=1S/C19H23N5O2/c1-22-9-11-23(12-10-22)8-6-20-18(25)14-4-5-15-17(13-14)24-7-2-3-16(24)19(26)21-15/h2-5,7,13H,6,8-12H2,1H3,(H,20,25)(H,21,26). The van der Waals surface area contributed by atoms with Crippen LogP contribution in [0.3, 0.4) is 0 Å². The number of carbonyl (C=O) groups is 1. The van der Waals surface area contributed by atoms with Crippen LogP contribution in [0.25, 0.3) is 16.6 Å². The maximum atomic E-state index is 12.5. The van der Waals surface area contributed by atoms with Crippen LogP contribution in [0, 0.1) is 0 Å². The molecule has 1 aromatic carbocycles.